The van der Waals surface area contributed by atoms with Crippen LogP contribution in [0, 0.1) is 6.92 Å². The Kier molecular flexibility index (Phi) is 3.74. The molecule has 7 heteroatoms. The Morgan fingerprint density at radius 2 is 1.87 bits per heavy atom. The maximum absolute atomic E-state index is 4.71. The van der Waals surface area contributed by atoms with Crippen LogP contribution in [0.15, 0.2) is 52.4 Å². The van der Waals surface area contributed by atoms with Gasteiger partial charge in [0, 0.05) is 18.1 Å². The Bertz CT molecular complexity index is 1010. The van der Waals surface area contributed by atoms with E-state index in [1.54, 1.807) is 18.0 Å². The summed E-state index contributed by atoms with van der Waals surface area (Å²) < 4.78 is 2.86. The van der Waals surface area contributed by atoms with Gasteiger partial charge in [-0.25, -0.2) is 19.9 Å². The van der Waals surface area contributed by atoms with Crippen molar-refractivity contribution >= 4 is 44.5 Å². The van der Waals surface area contributed by atoms with E-state index in [2.05, 4.69) is 30.9 Å². The molecule has 114 valence electrons. The number of aromatic nitrogens is 5. The summed E-state index contributed by atoms with van der Waals surface area (Å²) in [5.41, 5.74) is 3.72. The zero-order chi connectivity index (χ0) is 15.8. The first-order chi connectivity index (χ1) is 11.2. The van der Waals surface area contributed by atoms with Gasteiger partial charge in [0.25, 0.3) is 0 Å². The largest absolute Gasteiger partial charge is 0.278 e. The summed E-state index contributed by atoms with van der Waals surface area (Å²) in [4.78, 5) is 18.1. The van der Waals surface area contributed by atoms with Gasteiger partial charge in [0.2, 0.25) is 5.78 Å². The first-order valence-corrected chi connectivity index (χ1v) is 8.84. The topological polar surface area (TPSA) is 56.0 Å². The van der Waals surface area contributed by atoms with E-state index >= 15 is 0 Å². The van der Waals surface area contributed by atoms with Gasteiger partial charge >= 0.3 is 0 Å². The lowest BCUT2D eigenvalue weighted by atomic mass is 10.3. The molecule has 0 unspecified atom stereocenters. The summed E-state index contributed by atoms with van der Waals surface area (Å²) in [6, 6.07) is 9.80. The average molecular weight is 386 g/mol. The Morgan fingerprint density at radius 3 is 2.65 bits per heavy atom. The third kappa shape index (κ3) is 2.70. The number of halogens is 1. The van der Waals surface area contributed by atoms with E-state index in [0.717, 1.165) is 32.1 Å². The summed E-state index contributed by atoms with van der Waals surface area (Å²) in [7, 11) is 0. The molecule has 3 heterocycles. The number of hydrogen-bond donors (Lipinski definition) is 0. The van der Waals surface area contributed by atoms with Gasteiger partial charge in [-0.15, -0.1) is 0 Å². The summed E-state index contributed by atoms with van der Waals surface area (Å²) in [5, 5.41) is 0.931. The van der Waals surface area contributed by atoms with E-state index in [9.17, 15) is 0 Å². The zero-order valence-corrected chi connectivity index (χ0v) is 14.7. The third-order valence-corrected chi connectivity index (χ3v) is 5.38. The Morgan fingerprint density at radius 1 is 1.09 bits per heavy atom. The molecule has 1 aromatic carbocycles. The monoisotopic (exact) mass is 385 g/mol. The number of nitrogens with zero attached hydrogens (tertiary/aromatic N) is 5. The number of imidazole rings is 1. The highest BCUT2D eigenvalue weighted by atomic mass is 79.9. The van der Waals surface area contributed by atoms with Gasteiger partial charge in [-0.05, 0) is 41.1 Å². The van der Waals surface area contributed by atoms with E-state index in [0.29, 0.717) is 11.5 Å². The maximum atomic E-state index is 4.71. The van der Waals surface area contributed by atoms with Gasteiger partial charge in [-0.2, -0.15) is 0 Å². The number of thioether (sulfide) groups is 1. The van der Waals surface area contributed by atoms with Gasteiger partial charge in [0.15, 0.2) is 0 Å². The van der Waals surface area contributed by atoms with Crippen molar-refractivity contribution in [3.63, 3.8) is 0 Å². The van der Waals surface area contributed by atoms with Crippen LogP contribution < -0.4 is 0 Å². The molecule has 0 fully saturated rings. The molecule has 3 aromatic heterocycles. The van der Waals surface area contributed by atoms with E-state index in [1.807, 2.05) is 47.9 Å². The maximum Gasteiger partial charge on any atom is 0.234 e. The van der Waals surface area contributed by atoms with Gasteiger partial charge in [0.1, 0.15) is 9.63 Å². The van der Waals surface area contributed by atoms with Gasteiger partial charge in [-0.3, -0.25) is 4.40 Å². The highest BCUT2D eigenvalue weighted by molar-refractivity contribution is 9.10. The van der Waals surface area contributed by atoms with Crippen molar-refractivity contribution in [3.05, 3.63) is 58.7 Å². The minimum atomic E-state index is 0.691. The first-order valence-electron chi connectivity index (χ1n) is 7.06. The fourth-order valence-corrected chi connectivity index (χ4v) is 3.93. The smallest absolute Gasteiger partial charge is 0.234 e. The average Bonchev–Trinajstić information content (AvgIpc) is 2.89. The molecular formula is C16H12BrN5S. The number of fused-ring (bicyclic) bond motifs is 2. The molecule has 5 nitrogen and oxygen atoms in total. The molecule has 0 saturated heterocycles. The molecule has 0 atom stereocenters. The summed E-state index contributed by atoms with van der Waals surface area (Å²) in [6.07, 6.45) is 3.68. The zero-order valence-electron chi connectivity index (χ0n) is 12.3. The standard InChI is InChI=1S/C16H12BrN5S/c1-10-15(20-12-6-3-2-5-11(12)19-10)23-9-13-14(17)22-8-4-7-18-16(22)21-13/h2-8H,9H2,1H3. The van der Waals surface area contributed by atoms with E-state index in [1.165, 1.54) is 0 Å². The second kappa shape index (κ2) is 5.90. The minimum Gasteiger partial charge on any atom is -0.278 e. The fourth-order valence-electron chi connectivity index (χ4n) is 2.34. The Labute approximate surface area is 145 Å². The van der Waals surface area contributed by atoms with Crippen LogP contribution >= 0.6 is 27.7 Å². The van der Waals surface area contributed by atoms with Crippen LogP contribution in [0.2, 0.25) is 0 Å². The molecule has 0 spiro atoms. The molecule has 0 aliphatic heterocycles. The van der Waals surface area contributed by atoms with Gasteiger partial charge in [-0.1, -0.05) is 23.9 Å². The van der Waals surface area contributed by atoms with Crippen LogP contribution in [0.1, 0.15) is 11.4 Å². The van der Waals surface area contributed by atoms with Crippen LogP contribution in [0.3, 0.4) is 0 Å². The summed E-state index contributed by atoms with van der Waals surface area (Å²) in [6.45, 7) is 1.99. The molecule has 0 N–H and O–H groups in total. The lowest BCUT2D eigenvalue weighted by Crippen LogP contribution is -1.93. The van der Waals surface area contributed by atoms with Crippen LogP contribution in [-0.2, 0) is 5.75 Å². The predicted molar refractivity (Wildman–Crippen MR) is 94.5 cm³/mol. The van der Waals surface area contributed by atoms with Crippen LogP contribution in [-0.4, -0.2) is 24.3 Å². The quantitative estimate of drug-likeness (QED) is 0.498. The van der Waals surface area contributed by atoms with Crippen molar-refractivity contribution in [1.82, 2.24) is 24.3 Å². The molecule has 0 aliphatic rings. The molecule has 4 aromatic rings. The van der Waals surface area contributed by atoms with E-state index < -0.39 is 0 Å². The molecule has 0 amide bonds. The number of hydrogen-bond acceptors (Lipinski definition) is 5. The van der Waals surface area contributed by atoms with E-state index in [-0.39, 0.29) is 0 Å². The molecular weight excluding hydrogens is 374 g/mol. The second-order valence-corrected chi connectivity index (χ2v) is 6.75. The fraction of sp³-hybridized carbons (Fsp3) is 0.125. The molecule has 0 radical (unpaired) electrons. The molecule has 4 rings (SSSR count). The van der Waals surface area contributed by atoms with Gasteiger partial charge in [0.05, 0.1) is 22.4 Å². The number of aryl methyl sites for hydroxylation is 1. The highest BCUT2D eigenvalue weighted by Crippen LogP contribution is 2.28. The Hall–Kier alpha value is -1.99. The van der Waals surface area contributed by atoms with Crippen molar-refractivity contribution in [2.24, 2.45) is 0 Å². The van der Waals surface area contributed by atoms with Crippen LogP contribution in [0.5, 0.6) is 0 Å². The summed E-state index contributed by atoms with van der Waals surface area (Å²) in [5.74, 6) is 1.40. The number of para-hydroxylation sites is 2. The Balaban J connectivity index is 1.65. The van der Waals surface area contributed by atoms with Crippen molar-refractivity contribution < 1.29 is 0 Å². The predicted octanol–water partition coefficient (Wildman–Crippen LogP) is 4.04. The third-order valence-electron chi connectivity index (χ3n) is 3.46. The lowest BCUT2D eigenvalue weighted by molar-refractivity contribution is 1.04. The van der Waals surface area contributed by atoms with E-state index in [4.69, 9.17) is 4.98 Å². The highest BCUT2D eigenvalue weighted by Gasteiger charge is 2.12. The normalized spacial score (nSPS) is 11.4. The van der Waals surface area contributed by atoms with Crippen LogP contribution in [0.4, 0.5) is 0 Å². The molecule has 23 heavy (non-hydrogen) atoms. The number of benzene rings is 1. The van der Waals surface area contributed by atoms with Gasteiger partial charge < -0.3 is 0 Å². The van der Waals surface area contributed by atoms with Crippen LogP contribution in [0.25, 0.3) is 16.8 Å². The van der Waals surface area contributed by atoms with Crippen molar-refractivity contribution in [1.29, 1.82) is 0 Å². The number of rotatable bonds is 3. The minimum absolute atomic E-state index is 0.691. The first kappa shape index (κ1) is 14.6. The second-order valence-electron chi connectivity index (χ2n) is 5.03. The summed E-state index contributed by atoms with van der Waals surface area (Å²) >= 11 is 5.23. The SMILES string of the molecule is Cc1nc2ccccc2nc1SCc1nc2ncccn2c1Br. The molecule has 0 aliphatic carbocycles. The lowest BCUT2D eigenvalue weighted by Gasteiger charge is -2.05. The molecule has 0 saturated carbocycles. The van der Waals surface area contributed by atoms with Crippen molar-refractivity contribution in [2.75, 3.05) is 0 Å². The molecule has 0 bridgehead atoms. The van der Waals surface area contributed by atoms with Crippen molar-refractivity contribution in [2.45, 2.75) is 17.7 Å². The van der Waals surface area contributed by atoms with Crippen molar-refractivity contribution in [3.8, 4) is 0 Å².